The second-order valence-corrected chi connectivity index (χ2v) is 7.47. The fourth-order valence-electron chi connectivity index (χ4n) is 3.26. The summed E-state index contributed by atoms with van der Waals surface area (Å²) in [6.45, 7) is 1.92. The van der Waals surface area contributed by atoms with Crippen LogP contribution in [0.3, 0.4) is 0 Å². The van der Waals surface area contributed by atoms with Gasteiger partial charge in [0.05, 0.1) is 17.8 Å². The number of ether oxygens (including phenoxy) is 1. The van der Waals surface area contributed by atoms with Crippen LogP contribution < -0.4 is 4.74 Å². The largest absolute Gasteiger partial charge is 0.477 e. The molecule has 2 heterocycles. The van der Waals surface area contributed by atoms with E-state index in [1.54, 1.807) is 6.26 Å². The lowest BCUT2D eigenvalue weighted by Gasteiger charge is -2.18. The van der Waals surface area contributed by atoms with Crippen molar-refractivity contribution in [2.24, 2.45) is 0 Å². The molecule has 0 N–H and O–H groups in total. The van der Waals surface area contributed by atoms with E-state index in [2.05, 4.69) is 28.3 Å². The van der Waals surface area contributed by atoms with E-state index in [0.717, 1.165) is 28.6 Å². The molecule has 2 aromatic heterocycles. The van der Waals surface area contributed by atoms with Crippen LogP contribution in [0.15, 0.2) is 71.4 Å². The Morgan fingerprint density at radius 2 is 1.90 bits per heavy atom. The van der Waals surface area contributed by atoms with E-state index in [9.17, 15) is 0 Å². The SMILES string of the molecule is CN(Cc1ccon1)Cc1cc2ccc(Cl)cc2nc1OCCc1ccccc1. The molecule has 6 heteroatoms. The van der Waals surface area contributed by atoms with Crippen LogP contribution in [-0.2, 0) is 19.5 Å². The summed E-state index contributed by atoms with van der Waals surface area (Å²) in [7, 11) is 2.04. The molecule has 2 aromatic carbocycles. The highest BCUT2D eigenvalue weighted by Crippen LogP contribution is 2.26. The van der Waals surface area contributed by atoms with Gasteiger partial charge in [0.1, 0.15) is 6.26 Å². The van der Waals surface area contributed by atoms with Gasteiger partial charge >= 0.3 is 0 Å². The van der Waals surface area contributed by atoms with Crippen molar-refractivity contribution in [1.82, 2.24) is 15.0 Å². The van der Waals surface area contributed by atoms with Gasteiger partial charge in [-0.15, -0.1) is 0 Å². The molecule has 0 radical (unpaired) electrons. The van der Waals surface area contributed by atoms with Crippen molar-refractivity contribution in [3.8, 4) is 5.88 Å². The van der Waals surface area contributed by atoms with Crippen molar-refractivity contribution in [3.63, 3.8) is 0 Å². The zero-order valence-electron chi connectivity index (χ0n) is 16.2. The Morgan fingerprint density at radius 3 is 2.69 bits per heavy atom. The third kappa shape index (κ3) is 5.13. The first-order chi connectivity index (χ1) is 14.2. The van der Waals surface area contributed by atoms with E-state index in [4.69, 9.17) is 25.8 Å². The number of pyridine rings is 1. The number of nitrogens with zero attached hydrogens (tertiary/aromatic N) is 3. The van der Waals surface area contributed by atoms with Crippen LogP contribution in [0.2, 0.25) is 5.02 Å². The van der Waals surface area contributed by atoms with Gasteiger partial charge in [-0.25, -0.2) is 4.98 Å². The number of benzene rings is 2. The average Bonchev–Trinajstić information content (AvgIpc) is 3.22. The summed E-state index contributed by atoms with van der Waals surface area (Å²) in [6, 6.07) is 20.0. The Balaban J connectivity index is 1.54. The summed E-state index contributed by atoms with van der Waals surface area (Å²) in [6.07, 6.45) is 2.41. The Bertz CT molecular complexity index is 1070. The van der Waals surface area contributed by atoms with Crippen LogP contribution in [0, 0.1) is 0 Å². The average molecular weight is 408 g/mol. The number of hydrogen-bond acceptors (Lipinski definition) is 5. The van der Waals surface area contributed by atoms with Crippen molar-refractivity contribution in [3.05, 3.63) is 88.8 Å². The minimum absolute atomic E-state index is 0.559. The maximum absolute atomic E-state index is 6.15. The minimum atomic E-state index is 0.559. The summed E-state index contributed by atoms with van der Waals surface area (Å²) in [5, 5.41) is 5.68. The second-order valence-electron chi connectivity index (χ2n) is 7.04. The van der Waals surface area contributed by atoms with Crippen LogP contribution in [-0.4, -0.2) is 28.7 Å². The van der Waals surface area contributed by atoms with Crippen LogP contribution >= 0.6 is 11.6 Å². The lowest BCUT2D eigenvalue weighted by atomic mass is 10.1. The maximum Gasteiger partial charge on any atom is 0.218 e. The number of fused-ring (bicyclic) bond motifs is 1. The normalized spacial score (nSPS) is 11.3. The summed E-state index contributed by atoms with van der Waals surface area (Å²) in [5.41, 5.74) is 3.98. The van der Waals surface area contributed by atoms with Crippen LogP contribution in [0.4, 0.5) is 0 Å². The zero-order chi connectivity index (χ0) is 20.1. The van der Waals surface area contributed by atoms with Gasteiger partial charge < -0.3 is 9.26 Å². The van der Waals surface area contributed by atoms with Crippen LogP contribution in [0.1, 0.15) is 16.8 Å². The van der Waals surface area contributed by atoms with E-state index in [0.29, 0.717) is 30.6 Å². The summed E-state index contributed by atoms with van der Waals surface area (Å²) < 4.78 is 11.0. The lowest BCUT2D eigenvalue weighted by Crippen LogP contribution is -2.18. The molecule has 148 valence electrons. The van der Waals surface area contributed by atoms with Crippen molar-refractivity contribution in [2.45, 2.75) is 19.5 Å². The third-order valence-corrected chi connectivity index (χ3v) is 4.89. The molecule has 0 amide bonds. The maximum atomic E-state index is 6.15. The molecule has 4 rings (SSSR count). The fraction of sp³-hybridized carbons (Fsp3) is 0.217. The third-order valence-electron chi connectivity index (χ3n) is 4.65. The number of hydrogen-bond donors (Lipinski definition) is 0. The molecule has 0 aliphatic heterocycles. The summed E-state index contributed by atoms with van der Waals surface area (Å²) in [5.74, 6) is 0.641. The second kappa shape index (κ2) is 9.07. The Kier molecular flexibility index (Phi) is 6.08. The van der Waals surface area contributed by atoms with Gasteiger partial charge in [0.25, 0.3) is 0 Å². The molecule has 0 fully saturated rings. The van der Waals surface area contributed by atoms with E-state index in [1.807, 2.05) is 49.5 Å². The fourth-order valence-corrected chi connectivity index (χ4v) is 3.42. The van der Waals surface area contributed by atoms with Gasteiger partial charge in [0.2, 0.25) is 5.88 Å². The van der Waals surface area contributed by atoms with E-state index in [-0.39, 0.29) is 0 Å². The van der Waals surface area contributed by atoms with E-state index < -0.39 is 0 Å². The highest BCUT2D eigenvalue weighted by Gasteiger charge is 2.13. The number of aromatic nitrogens is 2. The summed E-state index contributed by atoms with van der Waals surface area (Å²) in [4.78, 5) is 6.90. The van der Waals surface area contributed by atoms with Crippen LogP contribution in [0.5, 0.6) is 5.88 Å². The molecule has 0 saturated heterocycles. The predicted octanol–water partition coefficient (Wildman–Crippen LogP) is 5.13. The molecular weight excluding hydrogens is 386 g/mol. The first kappa shape index (κ1) is 19.4. The topological polar surface area (TPSA) is 51.4 Å². The van der Waals surface area contributed by atoms with Crippen molar-refractivity contribution >= 4 is 22.5 Å². The van der Waals surface area contributed by atoms with Gasteiger partial charge in [-0.1, -0.05) is 53.2 Å². The molecule has 5 nitrogen and oxygen atoms in total. The molecule has 0 atom stereocenters. The Hall–Kier alpha value is -2.89. The zero-order valence-corrected chi connectivity index (χ0v) is 17.0. The molecular formula is C23H22ClN3O2. The molecule has 29 heavy (non-hydrogen) atoms. The van der Waals surface area contributed by atoms with Crippen molar-refractivity contribution in [1.29, 1.82) is 0 Å². The highest BCUT2D eigenvalue weighted by molar-refractivity contribution is 6.31. The quantitative estimate of drug-likeness (QED) is 0.405. The van der Waals surface area contributed by atoms with E-state index >= 15 is 0 Å². The smallest absolute Gasteiger partial charge is 0.218 e. The van der Waals surface area contributed by atoms with Crippen molar-refractivity contribution in [2.75, 3.05) is 13.7 Å². The van der Waals surface area contributed by atoms with Gasteiger partial charge in [-0.05, 0) is 30.8 Å². The number of halogens is 1. The molecule has 0 saturated carbocycles. The standard InChI is InChI=1S/C23H22ClN3O2/c1-27(16-21-10-12-29-26-21)15-19-13-18-7-8-20(24)14-22(18)25-23(19)28-11-9-17-5-3-2-4-6-17/h2-8,10,12-14H,9,11,15-16H2,1H3. The Labute approximate surface area is 174 Å². The predicted molar refractivity (Wildman–Crippen MR) is 114 cm³/mol. The number of rotatable bonds is 8. The highest BCUT2D eigenvalue weighted by atomic mass is 35.5. The van der Waals surface area contributed by atoms with Gasteiger partial charge in [-0.3, -0.25) is 4.90 Å². The first-order valence-electron chi connectivity index (χ1n) is 9.51. The van der Waals surface area contributed by atoms with Crippen LogP contribution in [0.25, 0.3) is 10.9 Å². The minimum Gasteiger partial charge on any atom is -0.477 e. The van der Waals surface area contributed by atoms with Gasteiger partial charge in [-0.2, -0.15) is 0 Å². The lowest BCUT2D eigenvalue weighted by molar-refractivity contribution is 0.278. The molecule has 0 aliphatic carbocycles. The van der Waals surface area contributed by atoms with Crippen molar-refractivity contribution < 1.29 is 9.26 Å². The first-order valence-corrected chi connectivity index (χ1v) is 9.89. The van der Waals surface area contributed by atoms with E-state index in [1.165, 1.54) is 5.56 Å². The van der Waals surface area contributed by atoms with Gasteiger partial charge in [0, 0.05) is 41.5 Å². The molecule has 0 bridgehead atoms. The molecule has 0 unspecified atom stereocenters. The Morgan fingerprint density at radius 1 is 1.03 bits per heavy atom. The molecule has 4 aromatic rings. The molecule has 0 spiro atoms. The monoisotopic (exact) mass is 407 g/mol. The van der Waals surface area contributed by atoms with Gasteiger partial charge in [0.15, 0.2) is 0 Å². The molecule has 0 aliphatic rings. The summed E-state index contributed by atoms with van der Waals surface area (Å²) >= 11 is 6.15.